The summed E-state index contributed by atoms with van der Waals surface area (Å²) in [6.45, 7) is 1.68. The Balaban J connectivity index is 2.30. The highest BCUT2D eigenvalue weighted by Gasteiger charge is 2.13. The summed E-state index contributed by atoms with van der Waals surface area (Å²) in [5.74, 6) is 0.103. The fourth-order valence-electron chi connectivity index (χ4n) is 1.78. The van der Waals surface area contributed by atoms with E-state index in [4.69, 9.17) is 23.2 Å². The van der Waals surface area contributed by atoms with Crippen molar-refractivity contribution in [2.75, 3.05) is 0 Å². The van der Waals surface area contributed by atoms with Crippen LogP contribution < -0.4 is 0 Å². The number of thiophene rings is 1. The molecular formula is C13H7Cl2FN2S. The molecule has 2 nitrogen and oxygen atoms in total. The van der Waals surface area contributed by atoms with Gasteiger partial charge in [-0.3, -0.25) is 0 Å². The third kappa shape index (κ3) is 2.20. The predicted molar refractivity (Wildman–Crippen MR) is 77.6 cm³/mol. The lowest BCUT2D eigenvalue weighted by Crippen LogP contribution is -1.93. The van der Waals surface area contributed by atoms with E-state index < -0.39 is 0 Å². The maximum atomic E-state index is 13.6. The van der Waals surface area contributed by atoms with Crippen LogP contribution in [0.25, 0.3) is 21.6 Å². The van der Waals surface area contributed by atoms with E-state index in [1.807, 2.05) is 5.38 Å². The van der Waals surface area contributed by atoms with E-state index in [0.717, 1.165) is 4.88 Å². The molecule has 3 aromatic rings. The molecule has 96 valence electrons. The summed E-state index contributed by atoms with van der Waals surface area (Å²) in [6.07, 6.45) is 0. The second-order valence-corrected chi connectivity index (χ2v) is 5.74. The number of nitrogens with zero attached hydrogens (tertiary/aromatic N) is 2. The number of rotatable bonds is 1. The average molecular weight is 313 g/mol. The molecule has 0 radical (unpaired) electrons. The van der Waals surface area contributed by atoms with E-state index in [2.05, 4.69) is 9.97 Å². The van der Waals surface area contributed by atoms with Crippen molar-refractivity contribution < 1.29 is 4.39 Å². The molecule has 1 aromatic carbocycles. The van der Waals surface area contributed by atoms with Gasteiger partial charge in [0.25, 0.3) is 0 Å². The molecule has 2 heterocycles. The van der Waals surface area contributed by atoms with Crippen LogP contribution in [-0.2, 0) is 0 Å². The number of hydrogen-bond acceptors (Lipinski definition) is 3. The van der Waals surface area contributed by atoms with E-state index >= 15 is 0 Å². The van der Waals surface area contributed by atoms with Crippen LogP contribution in [0.2, 0.25) is 10.2 Å². The smallest absolute Gasteiger partial charge is 0.173 e. The van der Waals surface area contributed by atoms with Crippen LogP contribution in [0.1, 0.15) is 5.56 Å². The summed E-state index contributed by atoms with van der Waals surface area (Å²) < 4.78 is 13.6. The Hall–Kier alpha value is -1.23. The number of benzene rings is 1. The molecule has 0 spiro atoms. The third-order valence-corrected chi connectivity index (χ3v) is 4.38. The van der Waals surface area contributed by atoms with Crippen LogP contribution in [0.4, 0.5) is 4.39 Å². The maximum absolute atomic E-state index is 13.6. The summed E-state index contributed by atoms with van der Waals surface area (Å²) >= 11 is 13.6. The Morgan fingerprint density at radius 3 is 2.68 bits per heavy atom. The Morgan fingerprint density at radius 2 is 2.00 bits per heavy atom. The van der Waals surface area contributed by atoms with Gasteiger partial charge in [0.2, 0.25) is 0 Å². The summed E-state index contributed by atoms with van der Waals surface area (Å²) in [5.41, 5.74) is 0.988. The molecule has 6 heteroatoms. The first-order chi connectivity index (χ1) is 9.06. The standard InChI is InChI=1S/C13H7Cl2FN2S/c1-6-4-7-10(5-9(6)16)17-13(18-12(7)15)11-8(14)2-3-19-11/h2-5H,1H3. The lowest BCUT2D eigenvalue weighted by Gasteiger charge is -2.05. The second kappa shape index (κ2) is 4.71. The van der Waals surface area contributed by atoms with Crippen molar-refractivity contribution in [3.05, 3.63) is 45.1 Å². The topological polar surface area (TPSA) is 25.8 Å². The molecule has 0 amide bonds. The monoisotopic (exact) mass is 312 g/mol. The van der Waals surface area contributed by atoms with Crippen LogP contribution in [-0.4, -0.2) is 9.97 Å². The van der Waals surface area contributed by atoms with Crippen molar-refractivity contribution >= 4 is 45.4 Å². The van der Waals surface area contributed by atoms with Gasteiger partial charge in [0.1, 0.15) is 11.0 Å². The molecule has 0 saturated carbocycles. The molecule has 0 unspecified atom stereocenters. The molecule has 0 aliphatic heterocycles. The van der Waals surface area contributed by atoms with Crippen molar-refractivity contribution in [2.45, 2.75) is 6.92 Å². The molecule has 0 bridgehead atoms. The normalized spacial score (nSPS) is 11.2. The first kappa shape index (κ1) is 12.8. The molecule has 0 aliphatic rings. The van der Waals surface area contributed by atoms with Crippen LogP contribution in [0.3, 0.4) is 0 Å². The molecule has 3 rings (SSSR count). The first-order valence-corrected chi connectivity index (χ1v) is 7.06. The van der Waals surface area contributed by atoms with Gasteiger partial charge in [-0.25, -0.2) is 14.4 Å². The Morgan fingerprint density at radius 1 is 1.21 bits per heavy atom. The van der Waals surface area contributed by atoms with E-state index in [1.165, 1.54) is 17.4 Å². The zero-order valence-corrected chi connectivity index (χ0v) is 12.1. The molecule has 0 saturated heterocycles. The van der Waals surface area contributed by atoms with Gasteiger partial charge in [-0.05, 0) is 30.0 Å². The second-order valence-electron chi connectivity index (χ2n) is 4.05. The van der Waals surface area contributed by atoms with E-state index in [-0.39, 0.29) is 5.82 Å². The Kier molecular flexibility index (Phi) is 3.17. The van der Waals surface area contributed by atoms with Crippen LogP contribution in [0.5, 0.6) is 0 Å². The Bertz CT molecular complexity index is 786. The van der Waals surface area contributed by atoms with Crippen molar-refractivity contribution in [3.8, 4) is 10.7 Å². The minimum Gasteiger partial charge on any atom is -0.227 e. The Labute approximate surface area is 122 Å². The molecule has 0 atom stereocenters. The number of hydrogen-bond donors (Lipinski definition) is 0. The van der Waals surface area contributed by atoms with Gasteiger partial charge in [0.05, 0.1) is 15.4 Å². The lowest BCUT2D eigenvalue weighted by molar-refractivity contribution is 0.620. The van der Waals surface area contributed by atoms with E-state index in [9.17, 15) is 4.39 Å². The van der Waals surface area contributed by atoms with Crippen LogP contribution >= 0.6 is 34.5 Å². The lowest BCUT2D eigenvalue weighted by atomic mass is 10.1. The third-order valence-electron chi connectivity index (χ3n) is 2.75. The predicted octanol–water partition coefficient (Wildman–Crippen LogP) is 5.11. The summed E-state index contributed by atoms with van der Waals surface area (Å²) in [6, 6.07) is 4.77. The van der Waals surface area contributed by atoms with Gasteiger partial charge >= 0.3 is 0 Å². The van der Waals surface area contributed by atoms with Crippen LogP contribution in [0, 0.1) is 12.7 Å². The molecular weight excluding hydrogens is 306 g/mol. The van der Waals surface area contributed by atoms with E-state index in [0.29, 0.717) is 32.5 Å². The minimum atomic E-state index is -0.314. The number of aromatic nitrogens is 2. The fourth-order valence-corrected chi connectivity index (χ4v) is 3.08. The zero-order chi connectivity index (χ0) is 13.6. The van der Waals surface area contributed by atoms with Gasteiger partial charge in [0.15, 0.2) is 5.82 Å². The quantitative estimate of drug-likeness (QED) is 0.583. The van der Waals surface area contributed by atoms with Gasteiger partial charge in [-0.2, -0.15) is 0 Å². The number of fused-ring (bicyclic) bond motifs is 1. The van der Waals surface area contributed by atoms with E-state index in [1.54, 1.807) is 19.1 Å². The highest BCUT2D eigenvalue weighted by Crippen LogP contribution is 2.33. The molecule has 0 N–H and O–H groups in total. The first-order valence-electron chi connectivity index (χ1n) is 5.43. The molecule has 19 heavy (non-hydrogen) atoms. The van der Waals surface area contributed by atoms with Crippen molar-refractivity contribution in [1.82, 2.24) is 9.97 Å². The van der Waals surface area contributed by atoms with Gasteiger partial charge in [-0.15, -0.1) is 11.3 Å². The fraction of sp³-hybridized carbons (Fsp3) is 0.0769. The minimum absolute atomic E-state index is 0.299. The SMILES string of the molecule is Cc1cc2c(Cl)nc(-c3sccc3Cl)nc2cc1F. The highest BCUT2D eigenvalue weighted by molar-refractivity contribution is 7.14. The highest BCUT2D eigenvalue weighted by atomic mass is 35.5. The number of aryl methyl sites for hydroxylation is 1. The molecule has 0 aliphatic carbocycles. The maximum Gasteiger partial charge on any atom is 0.173 e. The van der Waals surface area contributed by atoms with Crippen molar-refractivity contribution in [1.29, 1.82) is 0 Å². The van der Waals surface area contributed by atoms with Crippen molar-refractivity contribution in [3.63, 3.8) is 0 Å². The summed E-state index contributed by atoms with van der Waals surface area (Å²) in [4.78, 5) is 9.29. The van der Waals surface area contributed by atoms with Crippen LogP contribution in [0.15, 0.2) is 23.6 Å². The number of halogens is 3. The van der Waals surface area contributed by atoms with Crippen molar-refractivity contribution in [2.24, 2.45) is 0 Å². The molecule has 0 fully saturated rings. The molecule has 2 aromatic heterocycles. The average Bonchev–Trinajstić information content (AvgIpc) is 2.78. The largest absolute Gasteiger partial charge is 0.227 e. The summed E-state index contributed by atoms with van der Waals surface area (Å²) in [7, 11) is 0. The van der Waals surface area contributed by atoms with Gasteiger partial charge < -0.3 is 0 Å². The van der Waals surface area contributed by atoms with Gasteiger partial charge in [0, 0.05) is 11.5 Å². The zero-order valence-electron chi connectivity index (χ0n) is 9.75. The summed E-state index contributed by atoms with van der Waals surface area (Å²) in [5, 5.41) is 3.34. The van der Waals surface area contributed by atoms with Gasteiger partial charge in [-0.1, -0.05) is 23.2 Å².